The van der Waals surface area contributed by atoms with Gasteiger partial charge < -0.3 is 19.5 Å². The summed E-state index contributed by atoms with van der Waals surface area (Å²) >= 11 is 0. The number of aromatic hydroxyl groups is 1. The monoisotopic (exact) mass is 420 g/mol. The van der Waals surface area contributed by atoms with Crippen LogP contribution in [0.2, 0.25) is 0 Å². The van der Waals surface area contributed by atoms with Crippen molar-refractivity contribution in [2.75, 3.05) is 39.9 Å². The van der Waals surface area contributed by atoms with Crippen LogP contribution in [0.15, 0.2) is 47.4 Å². The number of rotatable bonds is 6. The average molecular weight is 420 g/mol. The van der Waals surface area contributed by atoms with Crippen molar-refractivity contribution in [1.82, 2.24) is 9.21 Å². The molecule has 1 N–H and O–H groups in total. The molecule has 0 spiro atoms. The number of hydrogen-bond donors (Lipinski definition) is 1. The Labute approximate surface area is 170 Å². The summed E-state index contributed by atoms with van der Waals surface area (Å²) in [6, 6.07) is 11.1. The van der Waals surface area contributed by atoms with Gasteiger partial charge in [-0.05, 0) is 42.8 Å². The fraction of sp³-hybridized carbons (Fsp3) is 0.350. The van der Waals surface area contributed by atoms with Crippen molar-refractivity contribution in [1.29, 1.82) is 0 Å². The number of sulfonamides is 1. The maximum absolute atomic E-state index is 13.0. The minimum Gasteiger partial charge on any atom is -0.508 e. The number of methoxy groups -OCH3 is 1. The number of carbonyl (C=O) groups excluding carboxylic acids is 1. The first-order valence-electron chi connectivity index (χ1n) is 9.15. The van der Waals surface area contributed by atoms with E-state index >= 15 is 0 Å². The maximum Gasteiger partial charge on any atom is 0.260 e. The first-order valence-corrected chi connectivity index (χ1v) is 10.6. The highest BCUT2D eigenvalue weighted by Crippen LogP contribution is 2.25. The molecule has 2 aromatic rings. The molecule has 2 aromatic carbocycles. The molecule has 0 unspecified atom stereocenters. The number of hydrogen-bond acceptors (Lipinski definition) is 6. The van der Waals surface area contributed by atoms with Gasteiger partial charge in [-0.2, -0.15) is 4.31 Å². The number of phenols is 1. The fourth-order valence-electron chi connectivity index (χ4n) is 3.16. The molecule has 1 saturated heterocycles. The first-order chi connectivity index (χ1) is 13.8. The van der Waals surface area contributed by atoms with E-state index in [2.05, 4.69) is 0 Å². The van der Waals surface area contributed by atoms with Crippen LogP contribution in [-0.4, -0.2) is 68.5 Å². The van der Waals surface area contributed by atoms with Crippen molar-refractivity contribution in [3.63, 3.8) is 0 Å². The van der Waals surface area contributed by atoms with Crippen molar-refractivity contribution in [2.24, 2.45) is 0 Å². The van der Waals surface area contributed by atoms with Gasteiger partial charge in [-0.25, -0.2) is 8.42 Å². The van der Waals surface area contributed by atoms with Crippen LogP contribution in [-0.2, 0) is 14.8 Å². The lowest BCUT2D eigenvalue weighted by Gasteiger charge is -2.34. The van der Waals surface area contributed by atoms with E-state index < -0.39 is 10.0 Å². The van der Waals surface area contributed by atoms with Crippen molar-refractivity contribution in [3.8, 4) is 17.2 Å². The lowest BCUT2D eigenvalue weighted by atomic mass is 10.2. The summed E-state index contributed by atoms with van der Waals surface area (Å²) < 4.78 is 37.9. The van der Waals surface area contributed by atoms with Crippen molar-refractivity contribution in [2.45, 2.75) is 11.8 Å². The Kier molecular flexibility index (Phi) is 6.29. The standard InChI is InChI=1S/C20H24N2O6S/c1-15-12-17(27-2)6-7-19(15)29(25,26)22-10-8-21(9-11-22)20(24)14-28-18-5-3-4-16(23)13-18/h3-7,12-13,23H,8-11,14H2,1-2H3. The Balaban J connectivity index is 1.58. The number of aryl methyl sites for hydroxylation is 1. The van der Waals surface area contributed by atoms with E-state index in [9.17, 15) is 18.3 Å². The van der Waals surface area contributed by atoms with Crippen LogP contribution in [0, 0.1) is 6.92 Å². The van der Waals surface area contributed by atoms with Crippen LogP contribution in [0.1, 0.15) is 5.56 Å². The number of carbonyl (C=O) groups is 1. The molecule has 156 valence electrons. The normalized spacial score (nSPS) is 15.2. The summed E-state index contributed by atoms with van der Waals surface area (Å²) in [5.74, 6) is 0.826. The second kappa shape index (κ2) is 8.71. The van der Waals surface area contributed by atoms with Gasteiger partial charge in [-0.1, -0.05) is 6.07 Å². The molecule has 3 rings (SSSR count). The van der Waals surface area contributed by atoms with E-state index in [0.29, 0.717) is 17.1 Å². The minimum absolute atomic E-state index is 0.0580. The van der Waals surface area contributed by atoms with Gasteiger partial charge in [0.15, 0.2) is 6.61 Å². The number of benzene rings is 2. The van der Waals surface area contributed by atoms with Crippen molar-refractivity contribution < 1.29 is 27.8 Å². The predicted octanol–water partition coefficient (Wildman–Crippen LogP) is 1.62. The lowest BCUT2D eigenvalue weighted by Crippen LogP contribution is -2.51. The van der Waals surface area contributed by atoms with E-state index in [4.69, 9.17) is 9.47 Å². The first kappa shape index (κ1) is 20.9. The Hall–Kier alpha value is -2.78. The third kappa shape index (κ3) is 4.80. The van der Waals surface area contributed by atoms with Crippen molar-refractivity contribution in [3.05, 3.63) is 48.0 Å². The Morgan fingerprint density at radius 2 is 1.79 bits per heavy atom. The third-order valence-corrected chi connectivity index (χ3v) is 6.83. The molecule has 29 heavy (non-hydrogen) atoms. The lowest BCUT2D eigenvalue weighted by molar-refractivity contribution is -0.134. The molecule has 1 heterocycles. The third-order valence-electron chi connectivity index (χ3n) is 4.77. The van der Waals surface area contributed by atoms with Crippen LogP contribution < -0.4 is 9.47 Å². The Morgan fingerprint density at radius 3 is 2.41 bits per heavy atom. The van der Waals surface area contributed by atoms with E-state index in [1.54, 1.807) is 42.2 Å². The van der Waals surface area contributed by atoms with Gasteiger partial charge in [0.05, 0.1) is 12.0 Å². The molecule has 0 radical (unpaired) electrons. The van der Waals surface area contributed by atoms with Gasteiger partial charge in [-0.3, -0.25) is 4.79 Å². The average Bonchev–Trinajstić information content (AvgIpc) is 2.71. The van der Waals surface area contributed by atoms with E-state index in [1.807, 2.05) is 0 Å². The molecule has 1 fully saturated rings. The van der Waals surface area contributed by atoms with Gasteiger partial charge >= 0.3 is 0 Å². The van der Waals surface area contributed by atoms with Crippen LogP contribution in [0.4, 0.5) is 0 Å². The molecule has 1 aliphatic rings. The van der Waals surface area contributed by atoms with Crippen molar-refractivity contribution >= 4 is 15.9 Å². The van der Waals surface area contributed by atoms with Crippen LogP contribution in [0.25, 0.3) is 0 Å². The van der Waals surface area contributed by atoms with E-state index in [1.165, 1.54) is 23.5 Å². The topological polar surface area (TPSA) is 96.4 Å². The number of ether oxygens (including phenoxy) is 2. The zero-order chi connectivity index (χ0) is 21.0. The number of piperazine rings is 1. The highest BCUT2D eigenvalue weighted by molar-refractivity contribution is 7.89. The summed E-state index contributed by atoms with van der Waals surface area (Å²) in [6.45, 7) is 2.56. The van der Waals surface area contributed by atoms with Crippen LogP contribution in [0.5, 0.6) is 17.2 Å². The maximum atomic E-state index is 13.0. The summed E-state index contributed by atoms with van der Waals surface area (Å²) in [4.78, 5) is 14.2. The van der Waals surface area contributed by atoms with E-state index in [-0.39, 0.29) is 49.3 Å². The fourth-order valence-corrected chi connectivity index (χ4v) is 4.79. The number of nitrogens with zero attached hydrogens (tertiary/aromatic N) is 2. The molecular weight excluding hydrogens is 396 g/mol. The highest BCUT2D eigenvalue weighted by Gasteiger charge is 2.31. The zero-order valence-electron chi connectivity index (χ0n) is 16.4. The van der Waals surface area contributed by atoms with Crippen LogP contribution >= 0.6 is 0 Å². The molecule has 0 bridgehead atoms. The quantitative estimate of drug-likeness (QED) is 0.763. The van der Waals surface area contributed by atoms with Gasteiger partial charge in [0.25, 0.3) is 5.91 Å². The smallest absolute Gasteiger partial charge is 0.260 e. The zero-order valence-corrected chi connectivity index (χ0v) is 17.2. The molecule has 0 aromatic heterocycles. The second-order valence-electron chi connectivity index (χ2n) is 6.70. The predicted molar refractivity (Wildman–Crippen MR) is 107 cm³/mol. The molecule has 8 nitrogen and oxygen atoms in total. The number of amides is 1. The molecule has 0 aliphatic carbocycles. The number of phenolic OH excluding ortho intramolecular Hbond substituents is 1. The largest absolute Gasteiger partial charge is 0.508 e. The molecule has 1 aliphatic heterocycles. The van der Waals surface area contributed by atoms with Gasteiger partial charge in [-0.15, -0.1) is 0 Å². The molecule has 0 saturated carbocycles. The summed E-state index contributed by atoms with van der Waals surface area (Å²) in [7, 11) is -2.11. The second-order valence-corrected chi connectivity index (χ2v) is 8.61. The highest BCUT2D eigenvalue weighted by atomic mass is 32.2. The van der Waals surface area contributed by atoms with Gasteiger partial charge in [0, 0.05) is 32.2 Å². The summed E-state index contributed by atoms with van der Waals surface area (Å²) in [5, 5.41) is 9.43. The molecular formula is C20H24N2O6S. The van der Waals surface area contributed by atoms with Gasteiger partial charge in [0.1, 0.15) is 17.2 Å². The SMILES string of the molecule is COc1ccc(S(=O)(=O)N2CCN(C(=O)COc3cccc(O)c3)CC2)c(C)c1. The van der Waals surface area contributed by atoms with E-state index in [0.717, 1.165) is 0 Å². The minimum atomic E-state index is -3.65. The summed E-state index contributed by atoms with van der Waals surface area (Å²) in [6.07, 6.45) is 0. The summed E-state index contributed by atoms with van der Waals surface area (Å²) in [5.41, 5.74) is 0.613. The molecule has 1 amide bonds. The molecule has 9 heteroatoms. The Morgan fingerprint density at radius 1 is 1.07 bits per heavy atom. The molecule has 0 atom stereocenters. The van der Waals surface area contributed by atoms with Crippen LogP contribution in [0.3, 0.4) is 0 Å². The van der Waals surface area contributed by atoms with Gasteiger partial charge in [0.2, 0.25) is 10.0 Å². The Bertz CT molecular complexity index is 984.